The zero-order valence-corrected chi connectivity index (χ0v) is 19.9. The molecule has 33 heavy (non-hydrogen) atoms. The van der Waals surface area contributed by atoms with Crippen molar-refractivity contribution in [3.8, 4) is 5.75 Å². The third kappa shape index (κ3) is 5.56. The number of carbonyl (C=O) groups is 2. The normalized spacial score (nSPS) is 22.4. The monoisotopic (exact) mass is 475 g/mol. The lowest BCUT2D eigenvalue weighted by Gasteiger charge is -2.28. The quantitative estimate of drug-likeness (QED) is 0.655. The maximum absolute atomic E-state index is 14.0. The van der Waals surface area contributed by atoms with Crippen LogP contribution in [0.25, 0.3) is 6.08 Å². The summed E-state index contributed by atoms with van der Waals surface area (Å²) in [6.45, 7) is 8.88. The number of nitrogens with zero attached hydrogens (tertiary/aromatic N) is 4. The smallest absolute Gasteiger partial charge is 0.409 e. The zero-order valence-electron chi connectivity index (χ0n) is 19.1. The number of carbonyl (C=O) groups excluding carboxylic acids is 2. The highest BCUT2D eigenvalue weighted by molar-refractivity contribution is 8.18. The molecule has 2 amide bonds. The van der Waals surface area contributed by atoms with E-state index < -0.39 is 11.9 Å². The van der Waals surface area contributed by atoms with E-state index >= 15 is 0 Å². The molecule has 3 aliphatic rings. The van der Waals surface area contributed by atoms with E-state index in [-0.39, 0.29) is 11.7 Å². The zero-order chi connectivity index (χ0) is 23.4. The molecule has 0 bridgehead atoms. The van der Waals surface area contributed by atoms with Gasteiger partial charge in [0.1, 0.15) is 11.6 Å². The van der Waals surface area contributed by atoms with Gasteiger partial charge >= 0.3 is 6.09 Å². The van der Waals surface area contributed by atoms with Crippen LogP contribution in [0.5, 0.6) is 5.75 Å². The molecule has 1 N–H and O–H groups in total. The third-order valence-electron chi connectivity index (χ3n) is 6.16. The van der Waals surface area contributed by atoms with E-state index in [1.807, 2.05) is 5.01 Å². The van der Waals surface area contributed by atoms with Gasteiger partial charge in [-0.3, -0.25) is 14.7 Å². The maximum atomic E-state index is 14.0. The molecular formula is C23H30FN5O3S. The van der Waals surface area contributed by atoms with Crippen molar-refractivity contribution in [1.82, 2.24) is 20.2 Å². The highest BCUT2D eigenvalue weighted by Crippen LogP contribution is 2.33. The summed E-state index contributed by atoms with van der Waals surface area (Å²) < 4.78 is 19.6. The fraction of sp³-hybridized carbons (Fsp3) is 0.522. The summed E-state index contributed by atoms with van der Waals surface area (Å²) in [6.07, 6.45) is 4.10. The van der Waals surface area contributed by atoms with Crippen LogP contribution in [0.3, 0.4) is 0 Å². The number of thioether (sulfide) groups is 1. The van der Waals surface area contributed by atoms with Crippen molar-refractivity contribution in [2.24, 2.45) is 4.99 Å². The minimum absolute atomic E-state index is 0.0942. The lowest BCUT2D eigenvalue weighted by atomic mass is 10.2. The number of aliphatic imine (C=N–C) groups is 1. The summed E-state index contributed by atoms with van der Waals surface area (Å²) in [4.78, 5) is 33.8. The molecule has 4 rings (SSSR count). The maximum Gasteiger partial charge on any atom is 0.415 e. The van der Waals surface area contributed by atoms with Crippen LogP contribution in [0.2, 0.25) is 0 Å². The molecule has 1 unspecified atom stereocenters. The first-order valence-electron chi connectivity index (χ1n) is 11.5. The van der Waals surface area contributed by atoms with Crippen molar-refractivity contribution in [3.63, 3.8) is 0 Å². The van der Waals surface area contributed by atoms with Gasteiger partial charge in [-0.15, -0.1) is 0 Å². The molecule has 1 atom stereocenters. The predicted molar refractivity (Wildman–Crippen MR) is 127 cm³/mol. The predicted octanol–water partition coefficient (Wildman–Crippen LogP) is 3.31. The Hall–Kier alpha value is -2.43. The number of hydrazine groups is 1. The Kier molecular flexibility index (Phi) is 7.67. The van der Waals surface area contributed by atoms with E-state index in [4.69, 9.17) is 4.74 Å². The van der Waals surface area contributed by atoms with Gasteiger partial charge in [0.25, 0.3) is 5.91 Å². The summed E-state index contributed by atoms with van der Waals surface area (Å²) in [5.74, 6) is -0.774. The molecule has 3 aliphatic heterocycles. The Morgan fingerprint density at radius 3 is 2.88 bits per heavy atom. The first-order valence-corrected chi connectivity index (χ1v) is 12.3. The van der Waals surface area contributed by atoms with Crippen LogP contribution in [0.1, 0.15) is 38.7 Å². The number of hydrogen-bond acceptors (Lipinski definition) is 7. The number of nitrogens with one attached hydrogen (secondary N) is 1. The fourth-order valence-electron chi connectivity index (χ4n) is 4.33. The van der Waals surface area contributed by atoms with Crippen molar-refractivity contribution in [3.05, 3.63) is 34.5 Å². The molecule has 3 heterocycles. The average molecular weight is 476 g/mol. The minimum Gasteiger partial charge on any atom is -0.409 e. The van der Waals surface area contributed by atoms with Gasteiger partial charge in [0.2, 0.25) is 0 Å². The van der Waals surface area contributed by atoms with Crippen LogP contribution in [-0.2, 0) is 4.79 Å². The molecule has 8 nitrogen and oxygen atoms in total. The largest absolute Gasteiger partial charge is 0.415 e. The van der Waals surface area contributed by atoms with Crippen LogP contribution in [-0.4, -0.2) is 77.3 Å². The highest BCUT2D eigenvalue weighted by atomic mass is 32.2. The van der Waals surface area contributed by atoms with E-state index in [1.165, 1.54) is 30.0 Å². The number of hydrogen-bond donors (Lipinski definition) is 1. The molecular weight excluding hydrogens is 445 g/mol. The summed E-state index contributed by atoms with van der Waals surface area (Å²) in [5, 5.41) is 2.49. The summed E-state index contributed by atoms with van der Waals surface area (Å²) >= 11 is 1.26. The van der Waals surface area contributed by atoms with Crippen LogP contribution < -0.4 is 10.2 Å². The number of amides is 2. The Morgan fingerprint density at radius 1 is 1.33 bits per heavy atom. The van der Waals surface area contributed by atoms with Crippen molar-refractivity contribution in [1.29, 1.82) is 0 Å². The van der Waals surface area contributed by atoms with Crippen LogP contribution in [0.4, 0.5) is 9.18 Å². The minimum atomic E-state index is -0.512. The number of ether oxygens (including phenoxy) is 1. The molecule has 0 spiro atoms. The van der Waals surface area contributed by atoms with Crippen LogP contribution in [0, 0.1) is 5.82 Å². The summed E-state index contributed by atoms with van der Waals surface area (Å²) in [5.41, 5.74) is 3.70. The van der Waals surface area contributed by atoms with E-state index in [0.29, 0.717) is 34.8 Å². The Bertz CT molecular complexity index is 959. The summed E-state index contributed by atoms with van der Waals surface area (Å²) in [7, 11) is 0. The van der Waals surface area contributed by atoms with Crippen molar-refractivity contribution < 1.29 is 18.7 Å². The molecule has 10 heteroatoms. The van der Waals surface area contributed by atoms with Crippen LogP contribution in [0.15, 0.2) is 28.1 Å². The molecule has 2 saturated heterocycles. The second-order valence-electron chi connectivity index (χ2n) is 8.24. The molecule has 0 radical (unpaired) electrons. The SMILES string of the molecule is CCN(CC)C1CCN(C(=O)Oc2cc(F)ccc2C=C2SC(N3CCCCN3)=NC2=O)C1. The first-order chi connectivity index (χ1) is 16.0. The van der Waals surface area contributed by atoms with Gasteiger partial charge in [-0.25, -0.2) is 14.6 Å². The van der Waals surface area contributed by atoms with Gasteiger partial charge in [-0.1, -0.05) is 13.8 Å². The van der Waals surface area contributed by atoms with Gasteiger partial charge in [0, 0.05) is 43.9 Å². The van der Waals surface area contributed by atoms with Gasteiger partial charge in [-0.2, -0.15) is 4.99 Å². The van der Waals surface area contributed by atoms with Crippen molar-refractivity contribution in [2.75, 3.05) is 39.3 Å². The third-order valence-corrected chi connectivity index (χ3v) is 7.17. The number of amidine groups is 1. The van der Waals surface area contributed by atoms with Gasteiger partial charge < -0.3 is 9.64 Å². The van der Waals surface area contributed by atoms with Crippen molar-refractivity contribution in [2.45, 2.75) is 39.2 Å². The van der Waals surface area contributed by atoms with Crippen molar-refractivity contribution >= 4 is 35.0 Å². The molecule has 0 aliphatic carbocycles. The average Bonchev–Trinajstić information content (AvgIpc) is 3.45. The summed E-state index contributed by atoms with van der Waals surface area (Å²) in [6, 6.07) is 4.28. The topological polar surface area (TPSA) is 77.5 Å². The lowest BCUT2D eigenvalue weighted by Crippen LogP contribution is -2.45. The lowest BCUT2D eigenvalue weighted by molar-refractivity contribution is -0.113. The molecule has 0 aromatic heterocycles. The number of likely N-dealkylation sites (N-methyl/N-ethyl adjacent to an activating group) is 1. The van der Waals surface area contributed by atoms with E-state index in [1.54, 1.807) is 11.0 Å². The number of halogens is 1. The number of likely N-dealkylation sites (tertiary alicyclic amines) is 1. The Balaban J connectivity index is 1.46. The fourth-order valence-corrected chi connectivity index (χ4v) is 5.24. The van der Waals surface area contributed by atoms with E-state index in [9.17, 15) is 14.0 Å². The molecule has 1 aromatic rings. The second-order valence-corrected chi connectivity index (χ2v) is 9.25. The molecule has 178 valence electrons. The molecule has 2 fully saturated rings. The Morgan fingerprint density at radius 2 is 2.15 bits per heavy atom. The number of benzene rings is 1. The van der Waals surface area contributed by atoms with Crippen LogP contribution >= 0.6 is 11.8 Å². The Labute approximate surface area is 197 Å². The molecule has 0 saturated carbocycles. The molecule has 1 aromatic carbocycles. The van der Waals surface area contributed by atoms with Gasteiger partial charge in [-0.05, 0) is 62.3 Å². The van der Waals surface area contributed by atoms with E-state index in [0.717, 1.165) is 45.4 Å². The first kappa shape index (κ1) is 23.7. The van der Waals surface area contributed by atoms with E-state index in [2.05, 4.69) is 29.2 Å². The second kappa shape index (κ2) is 10.7. The highest BCUT2D eigenvalue weighted by Gasteiger charge is 2.31. The van der Waals surface area contributed by atoms with Gasteiger partial charge in [0.15, 0.2) is 5.17 Å². The number of rotatable bonds is 5. The standard InChI is InChI=1S/C23H30FN5O3S/c1-3-27(4-2)18-9-12-28(15-18)23(31)32-19-14-17(24)8-7-16(19)13-20-21(30)26-22(33-20)29-11-6-5-10-25-29/h7-8,13-14,18,25H,3-6,9-12,15H2,1-2H3. The van der Waals surface area contributed by atoms with Gasteiger partial charge in [0.05, 0.1) is 4.91 Å².